The average molecular weight is 592 g/mol. The summed E-state index contributed by atoms with van der Waals surface area (Å²) in [5, 5.41) is 17.3. The summed E-state index contributed by atoms with van der Waals surface area (Å²) in [6.45, 7) is 0. The second-order valence-electron chi connectivity index (χ2n) is 10.6. The highest BCUT2D eigenvalue weighted by molar-refractivity contribution is 7.90. The molecule has 5 aromatic rings. The Balaban J connectivity index is 1.42. The fourth-order valence-electron chi connectivity index (χ4n) is 5.26. The van der Waals surface area contributed by atoms with E-state index in [1.807, 2.05) is 60.8 Å². The second kappa shape index (κ2) is 11.7. The molecule has 0 aliphatic heterocycles. The molecule has 0 spiro atoms. The number of fused-ring (bicyclic) bond motifs is 1. The smallest absolute Gasteiger partial charge is 0.328 e. The number of aliphatic carboxylic acids is 1. The van der Waals surface area contributed by atoms with Gasteiger partial charge in [-0.25, -0.2) is 18.2 Å². The standard InChI is InChI=1S/C34H29N3O5S/c1-43(40,41)29-15-17-31(35-21-29)42-28-13-10-25(11-14-28)33(23-3-2-4-23)34(26-12-16-30-27(19-26)20-36-37-30)24-8-5-22(6-9-24)7-18-32(38)39/h5-21,23H,2-4H2,1H3,(H,36,37)(H,38,39)/b18-7+,34-33+. The third-order valence-corrected chi connectivity index (χ3v) is 8.75. The van der Waals surface area contributed by atoms with Gasteiger partial charge in [0.05, 0.1) is 16.6 Å². The summed E-state index contributed by atoms with van der Waals surface area (Å²) in [5.41, 5.74) is 7.31. The first kappa shape index (κ1) is 28.1. The summed E-state index contributed by atoms with van der Waals surface area (Å²) in [4.78, 5) is 15.3. The molecular weight excluding hydrogens is 562 g/mol. The van der Waals surface area contributed by atoms with Gasteiger partial charge < -0.3 is 9.84 Å². The number of hydrogen-bond acceptors (Lipinski definition) is 6. The van der Waals surface area contributed by atoms with Gasteiger partial charge in [-0.2, -0.15) is 5.10 Å². The number of pyridine rings is 1. The van der Waals surface area contributed by atoms with Crippen molar-refractivity contribution >= 4 is 43.9 Å². The van der Waals surface area contributed by atoms with Crippen molar-refractivity contribution in [2.45, 2.75) is 24.2 Å². The predicted octanol–water partition coefficient (Wildman–Crippen LogP) is 7.01. The van der Waals surface area contributed by atoms with E-state index in [1.165, 1.54) is 17.8 Å². The molecule has 1 aliphatic carbocycles. The zero-order valence-electron chi connectivity index (χ0n) is 23.4. The number of sulfone groups is 1. The largest absolute Gasteiger partial charge is 0.478 e. The van der Waals surface area contributed by atoms with E-state index in [0.717, 1.165) is 70.3 Å². The molecule has 3 aromatic carbocycles. The fraction of sp³-hybridized carbons (Fsp3) is 0.147. The maximum atomic E-state index is 11.8. The van der Waals surface area contributed by atoms with E-state index in [-0.39, 0.29) is 4.90 Å². The number of ether oxygens (including phenoxy) is 1. The van der Waals surface area contributed by atoms with E-state index in [1.54, 1.807) is 12.1 Å². The third kappa shape index (κ3) is 6.27. The predicted molar refractivity (Wildman–Crippen MR) is 166 cm³/mol. The van der Waals surface area contributed by atoms with Crippen molar-refractivity contribution in [3.63, 3.8) is 0 Å². The number of H-pyrrole nitrogens is 1. The summed E-state index contributed by atoms with van der Waals surface area (Å²) in [5.74, 6) is 0.284. The lowest BCUT2D eigenvalue weighted by molar-refractivity contribution is -0.131. The van der Waals surface area contributed by atoms with Crippen molar-refractivity contribution in [1.82, 2.24) is 15.2 Å². The van der Waals surface area contributed by atoms with Crippen molar-refractivity contribution in [1.29, 1.82) is 0 Å². The summed E-state index contributed by atoms with van der Waals surface area (Å²) in [7, 11) is -3.34. The number of rotatable bonds is 9. The molecule has 6 rings (SSSR count). The molecule has 1 aliphatic rings. The molecular formula is C34H29N3O5S. The molecule has 8 nitrogen and oxygen atoms in total. The molecule has 9 heteroatoms. The van der Waals surface area contributed by atoms with E-state index < -0.39 is 15.8 Å². The quantitative estimate of drug-likeness (QED) is 0.140. The highest BCUT2D eigenvalue weighted by atomic mass is 32.2. The van der Waals surface area contributed by atoms with Crippen LogP contribution in [0.25, 0.3) is 28.1 Å². The lowest BCUT2D eigenvalue weighted by atomic mass is 9.73. The van der Waals surface area contributed by atoms with Gasteiger partial charge in [0.15, 0.2) is 9.84 Å². The Labute approximate surface area is 249 Å². The zero-order chi connectivity index (χ0) is 30.0. The first-order valence-electron chi connectivity index (χ1n) is 13.9. The van der Waals surface area contributed by atoms with Gasteiger partial charge in [-0.15, -0.1) is 0 Å². The first-order chi connectivity index (χ1) is 20.7. The Hall–Kier alpha value is -5.02. The number of nitrogens with zero attached hydrogens (tertiary/aromatic N) is 2. The minimum atomic E-state index is -3.34. The van der Waals surface area contributed by atoms with Crippen molar-refractivity contribution in [3.05, 3.63) is 120 Å². The Morgan fingerprint density at radius 3 is 2.28 bits per heavy atom. The van der Waals surface area contributed by atoms with Crippen molar-refractivity contribution < 1.29 is 23.1 Å². The molecule has 0 amide bonds. The van der Waals surface area contributed by atoms with Gasteiger partial charge in [0.25, 0.3) is 0 Å². The maximum absolute atomic E-state index is 11.8. The van der Waals surface area contributed by atoms with Crippen LogP contribution in [0.3, 0.4) is 0 Å². The second-order valence-corrected chi connectivity index (χ2v) is 12.6. The first-order valence-corrected chi connectivity index (χ1v) is 15.8. The van der Waals surface area contributed by atoms with Gasteiger partial charge in [-0.05, 0) is 88.6 Å². The molecule has 216 valence electrons. The zero-order valence-corrected chi connectivity index (χ0v) is 24.2. The highest BCUT2D eigenvalue weighted by Gasteiger charge is 2.27. The van der Waals surface area contributed by atoms with Crippen LogP contribution in [0.5, 0.6) is 11.6 Å². The molecule has 0 radical (unpaired) electrons. The van der Waals surface area contributed by atoms with Crippen LogP contribution in [-0.4, -0.2) is 40.9 Å². The molecule has 0 saturated heterocycles. The lowest BCUT2D eigenvalue weighted by Gasteiger charge is -2.31. The van der Waals surface area contributed by atoms with Crippen LogP contribution in [0, 0.1) is 5.92 Å². The van der Waals surface area contributed by atoms with Crippen molar-refractivity contribution in [3.8, 4) is 11.6 Å². The van der Waals surface area contributed by atoms with Gasteiger partial charge in [-0.3, -0.25) is 5.10 Å². The molecule has 43 heavy (non-hydrogen) atoms. The highest BCUT2D eigenvalue weighted by Crippen LogP contribution is 2.45. The molecule has 2 N–H and O–H groups in total. The molecule has 2 heterocycles. The van der Waals surface area contributed by atoms with Gasteiger partial charge in [0.1, 0.15) is 5.75 Å². The van der Waals surface area contributed by atoms with Crippen LogP contribution >= 0.6 is 0 Å². The Kier molecular flexibility index (Phi) is 7.65. The van der Waals surface area contributed by atoms with Crippen LogP contribution in [0.4, 0.5) is 0 Å². The number of aromatic nitrogens is 3. The number of benzene rings is 3. The minimum absolute atomic E-state index is 0.137. The molecule has 1 saturated carbocycles. The molecule has 0 bridgehead atoms. The number of aromatic amines is 1. The fourth-order valence-corrected chi connectivity index (χ4v) is 5.81. The van der Waals surface area contributed by atoms with Crippen LogP contribution in [0.1, 0.15) is 41.5 Å². The Bertz CT molecular complexity index is 1950. The SMILES string of the molecule is CS(=O)(=O)c1ccc(Oc2ccc(/C(=C(\c3ccc(/C=C/C(=O)O)cc3)c3ccc4[nH]ncc4c3)C3CCC3)cc2)nc1. The summed E-state index contributed by atoms with van der Waals surface area (Å²) in [6, 6.07) is 25.2. The maximum Gasteiger partial charge on any atom is 0.328 e. The van der Waals surface area contributed by atoms with E-state index in [2.05, 4.69) is 27.3 Å². The number of hydrogen-bond donors (Lipinski definition) is 2. The van der Waals surface area contributed by atoms with Gasteiger partial charge >= 0.3 is 5.97 Å². The van der Waals surface area contributed by atoms with E-state index in [9.17, 15) is 13.2 Å². The molecule has 0 unspecified atom stereocenters. The summed E-state index contributed by atoms with van der Waals surface area (Å²) >= 11 is 0. The number of carboxylic acid groups (broad SMARTS) is 1. The van der Waals surface area contributed by atoms with Gasteiger partial charge in [0, 0.05) is 30.0 Å². The molecule has 0 atom stereocenters. The summed E-state index contributed by atoms with van der Waals surface area (Å²) in [6.07, 6.45) is 10.3. The monoisotopic (exact) mass is 591 g/mol. The van der Waals surface area contributed by atoms with Crippen molar-refractivity contribution in [2.75, 3.05) is 6.26 Å². The Morgan fingerprint density at radius 1 is 0.930 bits per heavy atom. The van der Waals surface area contributed by atoms with Crippen LogP contribution in [0.15, 0.2) is 102 Å². The molecule has 2 aromatic heterocycles. The average Bonchev–Trinajstić information content (AvgIpc) is 3.44. The van der Waals surface area contributed by atoms with Crippen LogP contribution < -0.4 is 4.74 Å². The van der Waals surface area contributed by atoms with Crippen molar-refractivity contribution in [2.24, 2.45) is 5.92 Å². The third-order valence-electron chi connectivity index (χ3n) is 7.65. The number of nitrogens with one attached hydrogen (secondary N) is 1. The minimum Gasteiger partial charge on any atom is -0.478 e. The number of carbonyl (C=O) groups is 1. The summed E-state index contributed by atoms with van der Waals surface area (Å²) < 4.78 is 29.4. The van der Waals surface area contributed by atoms with E-state index >= 15 is 0 Å². The van der Waals surface area contributed by atoms with E-state index in [4.69, 9.17) is 9.84 Å². The normalized spacial score (nSPS) is 14.4. The van der Waals surface area contributed by atoms with Gasteiger partial charge in [-0.1, -0.05) is 48.9 Å². The van der Waals surface area contributed by atoms with E-state index in [0.29, 0.717) is 17.5 Å². The topological polar surface area (TPSA) is 122 Å². The number of allylic oxidation sites excluding steroid dienone is 1. The number of carboxylic acids is 1. The van der Waals surface area contributed by atoms with Crippen LogP contribution in [-0.2, 0) is 14.6 Å². The Morgan fingerprint density at radius 2 is 1.65 bits per heavy atom. The van der Waals surface area contributed by atoms with Gasteiger partial charge in [0.2, 0.25) is 5.88 Å². The van der Waals surface area contributed by atoms with Crippen LogP contribution in [0.2, 0.25) is 0 Å². The molecule has 1 fully saturated rings. The lowest BCUT2D eigenvalue weighted by Crippen LogP contribution is -2.15.